The summed E-state index contributed by atoms with van der Waals surface area (Å²) in [5.41, 5.74) is 3.44. The lowest BCUT2D eigenvalue weighted by Gasteiger charge is -2.35. The number of likely N-dealkylation sites (N-methyl/N-ethyl adjacent to an activating group) is 1. The molecule has 116 valence electrons. The van der Waals surface area contributed by atoms with Crippen LogP contribution in [0, 0.1) is 0 Å². The van der Waals surface area contributed by atoms with Gasteiger partial charge in [-0.05, 0) is 60.8 Å². The van der Waals surface area contributed by atoms with Gasteiger partial charge in [-0.25, -0.2) is 0 Å². The molecular weight excluding hydrogens is 278 g/mol. The lowest BCUT2D eigenvalue weighted by atomic mass is 9.88. The molecule has 1 heterocycles. The standard InChI is InChI=1S/C18H21NO3/c1-19-7-6-13-10-18(22-2)17(21)11-15(13)16(19)9-12-4-3-5-14(20)8-12/h3-5,8,10-11,16,20-21H,6-7,9H2,1-2H3/t16-/m1/s1. The number of hydrogen-bond acceptors (Lipinski definition) is 4. The Balaban J connectivity index is 1.97. The topological polar surface area (TPSA) is 52.9 Å². The first kappa shape index (κ1) is 14.7. The van der Waals surface area contributed by atoms with Gasteiger partial charge in [0.05, 0.1) is 7.11 Å². The van der Waals surface area contributed by atoms with Gasteiger partial charge in [0.2, 0.25) is 0 Å². The van der Waals surface area contributed by atoms with Crippen molar-refractivity contribution in [2.75, 3.05) is 20.7 Å². The molecule has 0 radical (unpaired) electrons. The van der Waals surface area contributed by atoms with Crippen LogP contribution in [-0.4, -0.2) is 35.8 Å². The highest BCUT2D eigenvalue weighted by Gasteiger charge is 2.26. The summed E-state index contributed by atoms with van der Waals surface area (Å²) < 4.78 is 5.21. The number of benzene rings is 2. The molecule has 2 aromatic carbocycles. The van der Waals surface area contributed by atoms with E-state index >= 15 is 0 Å². The van der Waals surface area contributed by atoms with Crippen molar-refractivity contribution in [2.24, 2.45) is 0 Å². The zero-order valence-electron chi connectivity index (χ0n) is 12.9. The predicted molar refractivity (Wildman–Crippen MR) is 85.5 cm³/mol. The van der Waals surface area contributed by atoms with Crippen molar-refractivity contribution in [3.05, 3.63) is 53.1 Å². The number of nitrogens with zero attached hydrogens (tertiary/aromatic N) is 1. The molecular formula is C18H21NO3. The first-order valence-corrected chi connectivity index (χ1v) is 7.46. The van der Waals surface area contributed by atoms with Crippen LogP contribution in [0.4, 0.5) is 0 Å². The minimum absolute atomic E-state index is 0.178. The van der Waals surface area contributed by atoms with Crippen LogP contribution in [0.3, 0.4) is 0 Å². The monoisotopic (exact) mass is 299 g/mol. The molecule has 1 atom stereocenters. The fourth-order valence-electron chi connectivity index (χ4n) is 3.18. The van der Waals surface area contributed by atoms with Crippen molar-refractivity contribution in [3.8, 4) is 17.2 Å². The number of hydrogen-bond donors (Lipinski definition) is 2. The Kier molecular flexibility index (Phi) is 3.94. The van der Waals surface area contributed by atoms with Gasteiger partial charge < -0.3 is 14.9 Å². The summed E-state index contributed by atoms with van der Waals surface area (Å²) in [6.07, 6.45) is 1.74. The minimum atomic E-state index is 0.178. The average molecular weight is 299 g/mol. The number of phenols is 2. The molecule has 2 aromatic rings. The van der Waals surface area contributed by atoms with Crippen LogP contribution in [0.15, 0.2) is 36.4 Å². The first-order chi connectivity index (χ1) is 10.6. The number of ether oxygens (including phenoxy) is 1. The molecule has 1 aliphatic rings. The van der Waals surface area contributed by atoms with Gasteiger partial charge >= 0.3 is 0 Å². The second kappa shape index (κ2) is 5.89. The zero-order chi connectivity index (χ0) is 15.7. The van der Waals surface area contributed by atoms with Crippen LogP contribution in [0.5, 0.6) is 17.2 Å². The van der Waals surface area contributed by atoms with Gasteiger partial charge in [0.15, 0.2) is 11.5 Å². The Morgan fingerprint density at radius 1 is 1.23 bits per heavy atom. The second-order valence-corrected chi connectivity index (χ2v) is 5.84. The summed E-state index contributed by atoms with van der Waals surface area (Å²) >= 11 is 0. The predicted octanol–water partition coefficient (Wildman–Crippen LogP) is 2.88. The molecule has 22 heavy (non-hydrogen) atoms. The molecule has 4 heteroatoms. The van der Waals surface area contributed by atoms with Gasteiger partial charge in [-0.2, -0.15) is 0 Å². The maximum absolute atomic E-state index is 10.1. The number of aromatic hydroxyl groups is 2. The maximum Gasteiger partial charge on any atom is 0.160 e. The summed E-state index contributed by atoms with van der Waals surface area (Å²) in [4.78, 5) is 2.29. The Labute approximate surface area is 130 Å². The third kappa shape index (κ3) is 2.74. The number of phenolic OH excluding ortho intramolecular Hbond substituents is 2. The first-order valence-electron chi connectivity index (χ1n) is 7.46. The lowest BCUT2D eigenvalue weighted by molar-refractivity contribution is 0.228. The van der Waals surface area contributed by atoms with Gasteiger partial charge in [0.25, 0.3) is 0 Å². The fraction of sp³-hybridized carbons (Fsp3) is 0.333. The van der Waals surface area contributed by atoms with Crippen molar-refractivity contribution in [2.45, 2.75) is 18.9 Å². The quantitative estimate of drug-likeness (QED) is 0.915. The average Bonchev–Trinajstić information content (AvgIpc) is 2.50. The SMILES string of the molecule is COc1cc2c(cc1O)[C@@H](Cc1cccc(O)c1)N(C)CC2. The smallest absolute Gasteiger partial charge is 0.160 e. The molecule has 3 rings (SSSR count). The largest absolute Gasteiger partial charge is 0.508 e. The summed E-state index contributed by atoms with van der Waals surface area (Å²) in [6, 6.07) is 11.3. The molecule has 2 N–H and O–H groups in total. The van der Waals surface area contributed by atoms with Crippen molar-refractivity contribution in [1.29, 1.82) is 0 Å². The van der Waals surface area contributed by atoms with Crippen LogP contribution in [-0.2, 0) is 12.8 Å². The van der Waals surface area contributed by atoms with Crippen molar-refractivity contribution < 1.29 is 14.9 Å². The van der Waals surface area contributed by atoms with Crippen molar-refractivity contribution in [1.82, 2.24) is 4.90 Å². The van der Waals surface area contributed by atoms with Gasteiger partial charge in [0.1, 0.15) is 5.75 Å². The Bertz CT molecular complexity index is 684. The van der Waals surface area contributed by atoms with Crippen LogP contribution in [0.1, 0.15) is 22.7 Å². The summed E-state index contributed by atoms with van der Waals surface area (Å²) in [6.45, 7) is 0.963. The number of methoxy groups -OCH3 is 1. The Hall–Kier alpha value is -2.20. The van der Waals surface area contributed by atoms with E-state index in [2.05, 4.69) is 11.9 Å². The molecule has 0 aliphatic carbocycles. The van der Waals surface area contributed by atoms with Crippen LogP contribution in [0.2, 0.25) is 0 Å². The second-order valence-electron chi connectivity index (χ2n) is 5.84. The van der Waals surface area contributed by atoms with E-state index in [-0.39, 0.29) is 17.5 Å². The van der Waals surface area contributed by atoms with E-state index in [9.17, 15) is 10.2 Å². The van der Waals surface area contributed by atoms with Crippen molar-refractivity contribution in [3.63, 3.8) is 0 Å². The molecule has 1 aliphatic heterocycles. The fourth-order valence-corrected chi connectivity index (χ4v) is 3.18. The molecule has 4 nitrogen and oxygen atoms in total. The molecule has 0 fully saturated rings. The van der Waals surface area contributed by atoms with E-state index in [1.54, 1.807) is 19.2 Å². The van der Waals surface area contributed by atoms with E-state index in [1.807, 2.05) is 24.3 Å². The molecule has 0 aromatic heterocycles. The molecule has 0 bridgehead atoms. The third-order valence-corrected chi connectivity index (χ3v) is 4.41. The van der Waals surface area contributed by atoms with Gasteiger partial charge in [0, 0.05) is 12.6 Å². The molecule has 0 amide bonds. The highest BCUT2D eigenvalue weighted by molar-refractivity contribution is 5.49. The molecule has 0 spiro atoms. The summed E-state index contributed by atoms with van der Waals surface area (Å²) in [5, 5.41) is 19.7. The molecule has 0 saturated carbocycles. The highest BCUT2D eigenvalue weighted by Crippen LogP contribution is 2.38. The van der Waals surface area contributed by atoms with E-state index in [0.717, 1.165) is 30.5 Å². The maximum atomic E-state index is 10.1. The van der Waals surface area contributed by atoms with Gasteiger partial charge in [-0.3, -0.25) is 4.90 Å². The highest BCUT2D eigenvalue weighted by atomic mass is 16.5. The lowest BCUT2D eigenvalue weighted by Crippen LogP contribution is -2.33. The molecule has 0 saturated heterocycles. The molecule has 0 unspecified atom stereocenters. The zero-order valence-corrected chi connectivity index (χ0v) is 12.9. The van der Waals surface area contributed by atoms with E-state index < -0.39 is 0 Å². The summed E-state index contributed by atoms with van der Waals surface area (Å²) in [7, 11) is 3.66. The minimum Gasteiger partial charge on any atom is -0.508 e. The van der Waals surface area contributed by atoms with E-state index in [4.69, 9.17) is 4.74 Å². The summed E-state index contributed by atoms with van der Waals surface area (Å²) in [5.74, 6) is 0.991. The Morgan fingerprint density at radius 3 is 2.77 bits per heavy atom. The van der Waals surface area contributed by atoms with Gasteiger partial charge in [-0.15, -0.1) is 0 Å². The number of rotatable bonds is 3. The van der Waals surface area contributed by atoms with Crippen LogP contribution in [0.25, 0.3) is 0 Å². The van der Waals surface area contributed by atoms with Crippen molar-refractivity contribution >= 4 is 0 Å². The number of fused-ring (bicyclic) bond motifs is 1. The third-order valence-electron chi connectivity index (χ3n) is 4.41. The van der Waals surface area contributed by atoms with E-state index in [1.165, 1.54) is 5.56 Å². The van der Waals surface area contributed by atoms with E-state index in [0.29, 0.717) is 5.75 Å². The Morgan fingerprint density at radius 2 is 2.05 bits per heavy atom. The van der Waals surface area contributed by atoms with Crippen LogP contribution < -0.4 is 4.74 Å². The van der Waals surface area contributed by atoms with Gasteiger partial charge in [-0.1, -0.05) is 12.1 Å². The normalized spacial score (nSPS) is 18.0. The van der Waals surface area contributed by atoms with Crippen LogP contribution >= 0.6 is 0 Å².